The number of hydrogen-bond acceptors (Lipinski definition) is 8. The zero-order valence-electron chi connectivity index (χ0n) is 25.4. The summed E-state index contributed by atoms with van der Waals surface area (Å²) in [4.78, 5) is 8.65. The summed E-state index contributed by atoms with van der Waals surface area (Å²) < 4.78 is 184. The van der Waals surface area contributed by atoms with Gasteiger partial charge in [0.2, 0.25) is 0 Å². The molecule has 1 N–H and O–H groups in total. The topological polar surface area (TPSA) is 92.2 Å². The number of nitrogens with zero attached hydrogens (tertiary/aromatic N) is 2. The molecule has 1 unspecified atom stereocenters. The van der Waals surface area contributed by atoms with E-state index in [0.717, 1.165) is 24.8 Å². The van der Waals surface area contributed by atoms with Crippen molar-refractivity contribution in [3.05, 3.63) is 42.2 Å². The van der Waals surface area contributed by atoms with Crippen molar-refractivity contribution in [3.63, 3.8) is 0 Å². The Hall–Kier alpha value is -3.01. The van der Waals surface area contributed by atoms with E-state index >= 15 is 0 Å². The second-order valence-electron chi connectivity index (χ2n) is 10.4. The van der Waals surface area contributed by atoms with Gasteiger partial charge in [-0.05, 0) is 42.7 Å². The molecule has 0 aliphatic carbocycles. The highest BCUT2D eigenvalue weighted by molar-refractivity contribution is 5.55. The van der Waals surface area contributed by atoms with E-state index in [1.54, 1.807) is 34.0 Å². The molecule has 8 nitrogen and oxygen atoms in total. The van der Waals surface area contributed by atoms with Gasteiger partial charge in [0.15, 0.2) is 5.82 Å². The fourth-order valence-corrected chi connectivity index (χ4v) is 3.76. The standard InChI is InChI=1S/C28H31F13N2O6/c1-2-3-4-5-6-7-8-18-13-42-22(43-14-18)19-9-11-21(12-10-19)46-16-20(44)15-45-17-23(29,30)47-24(31,32)25(33,34)48-26(35,36)27(37,38)49-28(39,40)41/h9-14,20,44H,2-8,15-17H2,1H3. The van der Waals surface area contributed by atoms with Gasteiger partial charge in [-0.15, -0.1) is 13.2 Å². The molecule has 0 amide bonds. The van der Waals surface area contributed by atoms with Crippen molar-refractivity contribution in [1.82, 2.24) is 9.97 Å². The monoisotopic (exact) mass is 738 g/mol. The first-order valence-corrected chi connectivity index (χ1v) is 14.4. The number of alkyl halides is 13. The SMILES string of the molecule is CCCCCCCCc1cnc(-c2ccc(OCC(O)COCC(F)(F)OC(F)(F)C(F)(F)OC(F)(F)C(F)(F)OC(F)(F)F)cc2)nc1. The van der Waals surface area contributed by atoms with E-state index in [0.29, 0.717) is 11.4 Å². The summed E-state index contributed by atoms with van der Waals surface area (Å²) in [5.74, 6) is 0.563. The van der Waals surface area contributed by atoms with Gasteiger partial charge in [0, 0.05) is 18.0 Å². The Kier molecular flexibility index (Phi) is 14.9. The third kappa shape index (κ3) is 14.0. The van der Waals surface area contributed by atoms with Crippen LogP contribution in [0, 0.1) is 0 Å². The van der Waals surface area contributed by atoms with Crippen LogP contribution in [0.5, 0.6) is 5.75 Å². The molecule has 0 spiro atoms. The van der Waals surface area contributed by atoms with E-state index in [-0.39, 0.29) is 5.75 Å². The largest absolute Gasteiger partial charge is 0.527 e. The lowest BCUT2D eigenvalue weighted by molar-refractivity contribution is -0.564. The molecular weight excluding hydrogens is 707 g/mol. The van der Waals surface area contributed by atoms with Gasteiger partial charge in [0.25, 0.3) is 0 Å². The summed E-state index contributed by atoms with van der Waals surface area (Å²) in [6.45, 7) is -1.95. The fourth-order valence-electron chi connectivity index (χ4n) is 3.76. The van der Waals surface area contributed by atoms with Crippen LogP contribution in [0.1, 0.15) is 51.0 Å². The fraction of sp³-hybridized carbons (Fsp3) is 0.643. The van der Waals surface area contributed by atoms with Crippen LogP contribution in [-0.2, 0) is 25.4 Å². The summed E-state index contributed by atoms with van der Waals surface area (Å²) in [6.07, 6.45) is -30.8. The molecule has 0 saturated heterocycles. The molecule has 1 aromatic heterocycles. The van der Waals surface area contributed by atoms with Crippen molar-refractivity contribution in [1.29, 1.82) is 0 Å². The van der Waals surface area contributed by atoms with E-state index < -0.39 is 62.8 Å². The summed E-state index contributed by atoms with van der Waals surface area (Å²) in [5, 5.41) is 9.84. The number of unbranched alkanes of at least 4 members (excludes halogenated alkanes) is 5. The maximum Gasteiger partial charge on any atom is 0.527 e. The van der Waals surface area contributed by atoms with Gasteiger partial charge in [-0.2, -0.15) is 43.9 Å². The number of benzene rings is 1. The average Bonchev–Trinajstić information content (AvgIpc) is 2.96. The first-order chi connectivity index (χ1) is 22.5. The van der Waals surface area contributed by atoms with Crippen LogP contribution in [0.4, 0.5) is 57.1 Å². The predicted molar refractivity (Wildman–Crippen MR) is 141 cm³/mol. The first-order valence-electron chi connectivity index (χ1n) is 14.4. The van der Waals surface area contributed by atoms with Crippen LogP contribution in [-0.4, -0.2) is 77.9 Å². The molecule has 49 heavy (non-hydrogen) atoms. The molecule has 1 aromatic carbocycles. The molecule has 2 rings (SSSR count). The lowest BCUT2D eigenvalue weighted by atomic mass is 10.1. The number of ether oxygens (including phenoxy) is 5. The zero-order valence-corrected chi connectivity index (χ0v) is 25.4. The maximum atomic E-state index is 13.7. The number of aryl methyl sites for hydroxylation is 1. The quantitative estimate of drug-likeness (QED) is 0.0953. The molecule has 21 heteroatoms. The van der Waals surface area contributed by atoms with E-state index in [1.807, 2.05) is 0 Å². The molecule has 0 bridgehead atoms. The highest BCUT2D eigenvalue weighted by Crippen LogP contribution is 2.48. The van der Waals surface area contributed by atoms with E-state index in [9.17, 15) is 62.2 Å². The summed E-state index contributed by atoms with van der Waals surface area (Å²) >= 11 is 0. The summed E-state index contributed by atoms with van der Waals surface area (Å²) in [7, 11) is 0. The Morgan fingerprint density at radius 1 is 0.653 bits per heavy atom. The van der Waals surface area contributed by atoms with Crippen molar-refractivity contribution in [2.75, 3.05) is 19.8 Å². The van der Waals surface area contributed by atoms with Gasteiger partial charge >= 0.3 is 36.9 Å². The number of aliphatic hydroxyl groups excluding tert-OH is 1. The molecule has 2 aromatic rings. The van der Waals surface area contributed by atoms with Crippen molar-refractivity contribution in [3.8, 4) is 17.1 Å². The minimum atomic E-state index is -7.14. The second kappa shape index (κ2) is 17.3. The maximum absolute atomic E-state index is 13.7. The van der Waals surface area contributed by atoms with Crippen molar-refractivity contribution >= 4 is 0 Å². The molecular formula is C28H31F13N2O6. The smallest absolute Gasteiger partial charge is 0.491 e. The molecule has 0 saturated carbocycles. The van der Waals surface area contributed by atoms with Gasteiger partial charge in [-0.1, -0.05) is 39.0 Å². The third-order valence-electron chi connectivity index (χ3n) is 6.11. The van der Waals surface area contributed by atoms with Crippen molar-refractivity contribution in [2.24, 2.45) is 0 Å². The minimum Gasteiger partial charge on any atom is -0.491 e. The average molecular weight is 739 g/mol. The van der Waals surface area contributed by atoms with Gasteiger partial charge < -0.3 is 14.6 Å². The minimum absolute atomic E-state index is 0.154. The normalized spacial score (nSPS) is 14.3. The van der Waals surface area contributed by atoms with Gasteiger partial charge in [0.05, 0.1) is 6.61 Å². The molecule has 0 fully saturated rings. The highest BCUT2D eigenvalue weighted by atomic mass is 19.4. The number of halogens is 13. The zero-order chi connectivity index (χ0) is 37.2. The van der Waals surface area contributed by atoms with Crippen LogP contribution in [0.3, 0.4) is 0 Å². The first kappa shape index (κ1) is 42.2. The van der Waals surface area contributed by atoms with Gasteiger partial charge in [-0.3, -0.25) is 0 Å². The van der Waals surface area contributed by atoms with Gasteiger partial charge in [0.1, 0.15) is 25.1 Å². The number of aliphatic hydroxyl groups is 1. The van der Waals surface area contributed by atoms with Crippen molar-refractivity contribution in [2.45, 2.75) is 94.9 Å². The number of hydrogen-bond donors (Lipinski definition) is 1. The summed E-state index contributed by atoms with van der Waals surface area (Å²) in [5.41, 5.74) is 1.58. The predicted octanol–water partition coefficient (Wildman–Crippen LogP) is 8.34. The van der Waals surface area contributed by atoms with Gasteiger partial charge in [-0.25, -0.2) is 24.2 Å². The molecule has 280 valence electrons. The summed E-state index contributed by atoms with van der Waals surface area (Å²) in [6, 6.07) is 6.02. The Bertz CT molecular complexity index is 1270. The lowest BCUT2D eigenvalue weighted by Crippen LogP contribution is -2.57. The Morgan fingerprint density at radius 3 is 1.71 bits per heavy atom. The molecule has 0 aliphatic rings. The van der Waals surface area contributed by atoms with Crippen molar-refractivity contribution < 1.29 is 85.9 Å². The Morgan fingerprint density at radius 2 is 1.16 bits per heavy atom. The van der Waals surface area contributed by atoms with E-state index in [1.165, 1.54) is 37.8 Å². The molecule has 1 heterocycles. The van der Waals surface area contributed by atoms with Crippen LogP contribution in [0.2, 0.25) is 0 Å². The number of aromatic nitrogens is 2. The van der Waals surface area contributed by atoms with E-state index in [4.69, 9.17) is 4.74 Å². The second-order valence-corrected chi connectivity index (χ2v) is 10.4. The van der Waals surface area contributed by atoms with Crippen LogP contribution >= 0.6 is 0 Å². The third-order valence-corrected chi connectivity index (χ3v) is 6.11. The van der Waals surface area contributed by atoms with Crippen LogP contribution in [0.25, 0.3) is 11.4 Å². The Balaban J connectivity index is 1.81. The van der Waals surface area contributed by atoms with E-state index in [2.05, 4.69) is 26.4 Å². The molecule has 0 aliphatic heterocycles. The molecule has 0 radical (unpaired) electrons. The Labute approximate surface area is 270 Å². The van der Waals surface area contributed by atoms with Crippen LogP contribution < -0.4 is 4.74 Å². The highest BCUT2D eigenvalue weighted by Gasteiger charge is 2.74. The molecule has 1 atom stereocenters. The van der Waals surface area contributed by atoms with Crippen LogP contribution in [0.15, 0.2) is 36.7 Å². The lowest BCUT2D eigenvalue weighted by Gasteiger charge is -2.33. The number of rotatable bonds is 22.